The Morgan fingerprint density at radius 1 is 1.32 bits per heavy atom. The van der Waals surface area contributed by atoms with Crippen LogP contribution in [0.1, 0.15) is 22.7 Å². The van der Waals surface area contributed by atoms with Crippen molar-refractivity contribution in [2.24, 2.45) is 0 Å². The number of aromatic amines is 1. The third-order valence-electron chi connectivity index (χ3n) is 3.46. The number of imidazole rings is 1. The Hall–Kier alpha value is -2.83. The minimum absolute atomic E-state index is 0.205. The van der Waals surface area contributed by atoms with Gasteiger partial charge in [0.15, 0.2) is 5.76 Å². The van der Waals surface area contributed by atoms with Crippen molar-refractivity contribution in [3.63, 3.8) is 0 Å². The van der Waals surface area contributed by atoms with E-state index in [2.05, 4.69) is 10.1 Å². The zero-order valence-electron chi connectivity index (χ0n) is 12.1. The third kappa shape index (κ3) is 2.30. The molecular weight excluding hydrogens is 289 g/mol. The summed E-state index contributed by atoms with van der Waals surface area (Å²) in [6.07, 6.45) is 0.276. The van der Waals surface area contributed by atoms with Gasteiger partial charge in [-0.1, -0.05) is 17.3 Å². The number of aryl methyl sites for hydroxylation is 2. The fourth-order valence-corrected chi connectivity index (χ4v) is 2.41. The van der Waals surface area contributed by atoms with Gasteiger partial charge in [-0.15, -0.1) is 0 Å². The summed E-state index contributed by atoms with van der Waals surface area (Å²) < 4.78 is 19.1. The molecule has 0 spiro atoms. The van der Waals surface area contributed by atoms with Crippen LogP contribution in [0.15, 0.2) is 33.6 Å². The van der Waals surface area contributed by atoms with E-state index in [-0.39, 0.29) is 18.1 Å². The van der Waals surface area contributed by atoms with Crippen LogP contribution in [0.4, 0.5) is 4.39 Å². The predicted octanol–water partition coefficient (Wildman–Crippen LogP) is 2.21. The average molecular weight is 303 g/mol. The van der Waals surface area contributed by atoms with Gasteiger partial charge in [-0.3, -0.25) is 0 Å². The molecule has 0 saturated carbocycles. The molecule has 0 aliphatic rings. The lowest BCUT2D eigenvalue weighted by molar-refractivity contribution is 0.391. The predicted molar refractivity (Wildman–Crippen MR) is 76.8 cm³/mol. The van der Waals surface area contributed by atoms with Gasteiger partial charge in [-0.2, -0.15) is 0 Å². The number of hydrogen-bond donors (Lipinski definition) is 2. The van der Waals surface area contributed by atoms with Gasteiger partial charge in [0.2, 0.25) is 5.88 Å². The second-order valence-electron chi connectivity index (χ2n) is 5.04. The molecule has 0 aliphatic carbocycles. The molecule has 0 saturated heterocycles. The molecule has 0 radical (unpaired) electrons. The van der Waals surface area contributed by atoms with Gasteiger partial charge in [-0.25, -0.2) is 13.8 Å². The maximum absolute atomic E-state index is 12.9. The van der Waals surface area contributed by atoms with Crippen molar-refractivity contribution in [1.29, 1.82) is 0 Å². The number of hydrogen-bond acceptors (Lipinski definition) is 4. The zero-order valence-corrected chi connectivity index (χ0v) is 12.1. The largest absolute Gasteiger partial charge is 0.493 e. The number of rotatable bonds is 3. The van der Waals surface area contributed by atoms with Gasteiger partial charge in [0.25, 0.3) is 0 Å². The summed E-state index contributed by atoms with van der Waals surface area (Å²) in [5.41, 5.74) is 1.55. The lowest BCUT2D eigenvalue weighted by Gasteiger charge is -2.03. The van der Waals surface area contributed by atoms with Crippen LogP contribution in [0.5, 0.6) is 5.88 Å². The van der Waals surface area contributed by atoms with Crippen LogP contribution in [-0.4, -0.2) is 19.8 Å². The van der Waals surface area contributed by atoms with Gasteiger partial charge < -0.3 is 14.6 Å². The Labute approximate surface area is 124 Å². The summed E-state index contributed by atoms with van der Waals surface area (Å²) in [5.74, 6) is -0.110. The van der Waals surface area contributed by atoms with E-state index < -0.39 is 5.69 Å². The van der Waals surface area contributed by atoms with Crippen molar-refractivity contribution in [3.05, 3.63) is 63.3 Å². The van der Waals surface area contributed by atoms with Crippen molar-refractivity contribution in [2.75, 3.05) is 0 Å². The number of benzene rings is 1. The number of H-pyrrole nitrogens is 1. The van der Waals surface area contributed by atoms with Crippen LogP contribution in [0.25, 0.3) is 5.69 Å². The van der Waals surface area contributed by atoms with Crippen molar-refractivity contribution in [3.8, 4) is 11.6 Å². The standard InChI is InChI=1S/C15H14FN3O3/c1-8-13(9(2)22-18-8)19-14(20)12(17-15(19)21)7-10-3-5-11(16)6-4-10/h3-6,20H,7H2,1-2H3,(H,17,21). The van der Waals surface area contributed by atoms with Crippen LogP contribution in [-0.2, 0) is 6.42 Å². The van der Waals surface area contributed by atoms with E-state index in [0.29, 0.717) is 22.8 Å². The molecular formula is C15H14FN3O3. The second kappa shape index (κ2) is 5.18. The first kappa shape index (κ1) is 14.1. The molecule has 2 aromatic heterocycles. The molecule has 6 nitrogen and oxygen atoms in total. The monoisotopic (exact) mass is 303 g/mol. The Balaban J connectivity index is 2.04. The van der Waals surface area contributed by atoms with Crippen LogP contribution in [0.3, 0.4) is 0 Å². The van der Waals surface area contributed by atoms with E-state index in [1.54, 1.807) is 26.0 Å². The molecule has 3 rings (SSSR count). The minimum Gasteiger partial charge on any atom is -0.493 e. The molecule has 1 aromatic carbocycles. The molecule has 2 N–H and O–H groups in total. The van der Waals surface area contributed by atoms with Crippen molar-refractivity contribution in [1.82, 2.24) is 14.7 Å². The van der Waals surface area contributed by atoms with Crippen LogP contribution < -0.4 is 5.69 Å². The molecule has 0 aliphatic heterocycles. The van der Waals surface area contributed by atoms with Gasteiger partial charge in [-0.05, 0) is 31.5 Å². The smallest absolute Gasteiger partial charge is 0.333 e. The van der Waals surface area contributed by atoms with Crippen molar-refractivity contribution < 1.29 is 14.0 Å². The first-order valence-electron chi connectivity index (χ1n) is 6.68. The van der Waals surface area contributed by atoms with E-state index in [0.717, 1.165) is 10.1 Å². The van der Waals surface area contributed by atoms with Crippen molar-refractivity contribution >= 4 is 0 Å². The molecule has 0 unspecified atom stereocenters. The lowest BCUT2D eigenvalue weighted by atomic mass is 10.1. The van der Waals surface area contributed by atoms with E-state index in [1.807, 2.05) is 0 Å². The zero-order chi connectivity index (χ0) is 15.9. The molecule has 3 aromatic rings. The Morgan fingerprint density at radius 2 is 2.00 bits per heavy atom. The molecule has 2 heterocycles. The van der Waals surface area contributed by atoms with E-state index in [9.17, 15) is 14.3 Å². The normalized spacial score (nSPS) is 11.0. The number of aromatic nitrogens is 3. The van der Waals surface area contributed by atoms with Crippen LogP contribution in [0, 0.1) is 19.7 Å². The van der Waals surface area contributed by atoms with Crippen LogP contribution >= 0.6 is 0 Å². The van der Waals surface area contributed by atoms with E-state index in [1.165, 1.54) is 12.1 Å². The molecule has 0 fully saturated rings. The molecule has 0 atom stereocenters. The molecule has 0 amide bonds. The minimum atomic E-state index is -0.482. The lowest BCUT2D eigenvalue weighted by Crippen LogP contribution is -2.15. The summed E-state index contributed by atoms with van der Waals surface area (Å²) in [6, 6.07) is 5.85. The summed E-state index contributed by atoms with van der Waals surface area (Å²) in [5, 5.41) is 14.1. The fourth-order valence-electron chi connectivity index (χ4n) is 2.41. The molecule has 22 heavy (non-hydrogen) atoms. The quantitative estimate of drug-likeness (QED) is 0.777. The Kier molecular flexibility index (Phi) is 3.32. The third-order valence-corrected chi connectivity index (χ3v) is 3.46. The molecule has 7 heteroatoms. The molecule has 0 bridgehead atoms. The van der Waals surface area contributed by atoms with Crippen molar-refractivity contribution in [2.45, 2.75) is 20.3 Å². The topological polar surface area (TPSA) is 84.0 Å². The summed E-state index contributed by atoms with van der Waals surface area (Å²) in [7, 11) is 0. The number of aromatic hydroxyl groups is 1. The summed E-state index contributed by atoms with van der Waals surface area (Å²) in [6.45, 7) is 3.35. The maximum Gasteiger partial charge on any atom is 0.333 e. The highest BCUT2D eigenvalue weighted by molar-refractivity contribution is 5.43. The number of nitrogens with one attached hydrogen (secondary N) is 1. The summed E-state index contributed by atoms with van der Waals surface area (Å²) >= 11 is 0. The highest BCUT2D eigenvalue weighted by Crippen LogP contribution is 2.25. The number of halogens is 1. The average Bonchev–Trinajstić information content (AvgIpc) is 2.94. The highest BCUT2D eigenvalue weighted by atomic mass is 19.1. The van der Waals surface area contributed by atoms with E-state index >= 15 is 0 Å². The fraction of sp³-hybridized carbons (Fsp3) is 0.200. The summed E-state index contributed by atoms with van der Waals surface area (Å²) in [4.78, 5) is 14.7. The van der Waals surface area contributed by atoms with Gasteiger partial charge in [0.05, 0.1) is 5.69 Å². The van der Waals surface area contributed by atoms with Gasteiger partial charge in [0.1, 0.15) is 17.2 Å². The first-order chi connectivity index (χ1) is 10.5. The van der Waals surface area contributed by atoms with Gasteiger partial charge >= 0.3 is 5.69 Å². The molecule has 114 valence electrons. The maximum atomic E-state index is 12.9. The number of nitrogens with zero attached hydrogens (tertiary/aromatic N) is 2. The highest BCUT2D eigenvalue weighted by Gasteiger charge is 2.20. The Bertz CT molecular complexity index is 855. The van der Waals surface area contributed by atoms with E-state index in [4.69, 9.17) is 4.52 Å². The van der Waals surface area contributed by atoms with Gasteiger partial charge in [0, 0.05) is 6.42 Å². The second-order valence-corrected chi connectivity index (χ2v) is 5.04. The Morgan fingerprint density at radius 3 is 2.59 bits per heavy atom. The SMILES string of the molecule is Cc1noc(C)c1-n1c(O)c(Cc2ccc(F)cc2)[nH]c1=O. The first-order valence-corrected chi connectivity index (χ1v) is 6.68. The van der Waals surface area contributed by atoms with Crippen LogP contribution in [0.2, 0.25) is 0 Å².